The molecule has 2 aliphatic rings. The highest BCUT2D eigenvalue weighted by atomic mass is 32.2. The minimum absolute atomic E-state index is 0.0993. The van der Waals surface area contributed by atoms with E-state index in [1.54, 1.807) is 23.9 Å². The third kappa shape index (κ3) is 3.42. The number of benzene rings is 1. The molecular formula is C20H23FN4O2S. The van der Waals surface area contributed by atoms with Crippen LogP contribution in [0.25, 0.3) is 11.3 Å². The van der Waals surface area contributed by atoms with Crippen LogP contribution in [0.4, 0.5) is 4.39 Å². The summed E-state index contributed by atoms with van der Waals surface area (Å²) in [4.78, 5) is 14.0. The number of hydrogen-bond acceptors (Lipinski definition) is 6. The van der Waals surface area contributed by atoms with Crippen LogP contribution in [0.15, 0.2) is 35.4 Å². The second-order valence-corrected chi connectivity index (χ2v) is 7.98. The van der Waals surface area contributed by atoms with Gasteiger partial charge in [-0.25, -0.2) is 9.18 Å². The number of rotatable bonds is 4. The highest BCUT2D eigenvalue weighted by Crippen LogP contribution is 2.47. The maximum absolute atomic E-state index is 13.4. The molecule has 0 spiro atoms. The van der Waals surface area contributed by atoms with Gasteiger partial charge in [0.1, 0.15) is 16.9 Å². The van der Waals surface area contributed by atoms with Crippen molar-refractivity contribution in [2.24, 2.45) is 0 Å². The van der Waals surface area contributed by atoms with Gasteiger partial charge in [-0.3, -0.25) is 5.10 Å². The predicted octanol–water partition coefficient (Wildman–Crippen LogP) is 3.37. The second kappa shape index (κ2) is 7.97. The van der Waals surface area contributed by atoms with Crippen molar-refractivity contribution >= 4 is 17.7 Å². The molecule has 2 aliphatic heterocycles. The normalized spacial score (nSPS) is 20.3. The van der Waals surface area contributed by atoms with Gasteiger partial charge < -0.3 is 15.0 Å². The molecule has 0 saturated carbocycles. The highest BCUT2D eigenvalue weighted by molar-refractivity contribution is 8.02. The van der Waals surface area contributed by atoms with Crippen molar-refractivity contribution in [1.82, 2.24) is 20.4 Å². The average molecular weight is 402 g/mol. The summed E-state index contributed by atoms with van der Waals surface area (Å²) in [6.45, 7) is 1.93. The van der Waals surface area contributed by atoms with Crippen molar-refractivity contribution in [3.63, 3.8) is 0 Å². The first kappa shape index (κ1) is 19.0. The first-order valence-electron chi connectivity index (χ1n) is 9.31. The number of carbonyl (C=O) groups excluding carboxylic acids is 1. The first-order chi connectivity index (χ1) is 13.6. The summed E-state index contributed by atoms with van der Waals surface area (Å²) in [7, 11) is 3.28. The molecule has 4 rings (SSSR count). The molecule has 0 aliphatic carbocycles. The summed E-state index contributed by atoms with van der Waals surface area (Å²) in [6.07, 6.45) is 2.05. The maximum atomic E-state index is 13.4. The molecule has 0 radical (unpaired) electrons. The number of nitrogens with zero attached hydrogens (tertiary/aromatic N) is 2. The zero-order chi connectivity index (χ0) is 19.7. The number of H-pyrrole nitrogens is 1. The van der Waals surface area contributed by atoms with E-state index < -0.39 is 0 Å². The molecule has 6 nitrogen and oxygen atoms in total. The summed E-state index contributed by atoms with van der Waals surface area (Å²) in [5, 5.41) is 13.0. The van der Waals surface area contributed by atoms with Crippen molar-refractivity contribution in [2.75, 3.05) is 27.2 Å². The predicted molar refractivity (Wildman–Crippen MR) is 107 cm³/mol. The molecule has 3 heterocycles. The van der Waals surface area contributed by atoms with E-state index in [1.165, 1.54) is 19.2 Å². The standard InChI is InChI=1S/C20H23FN4O2S/c1-25-15(20(26)27-2)11-28-19(25)16-17(12-3-5-14(21)6-4-12)23-24-18(16)13-7-9-22-10-8-13/h3-6,11,13,19,22H,7-10H2,1-2H3,(H,23,24). The van der Waals surface area contributed by atoms with Gasteiger partial charge in [-0.15, -0.1) is 11.8 Å². The van der Waals surface area contributed by atoms with E-state index in [1.807, 2.05) is 17.4 Å². The van der Waals surface area contributed by atoms with Crippen molar-refractivity contribution in [3.8, 4) is 11.3 Å². The number of piperidine rings is 1. The van der Waals surface area contributed by atoms with Gasteiger partial charge >= 0.3 is 5.97 Å². The van der Waals surface area contributed by atoms with Crippen LogP contribution in [0.3, 0.4) is 0 Å². The Labute approximate surface area is 167 Å². The van der Waals surface area contributed by atoms with Gasteiger partial charge in [-0.05, 0) is 50.2 Å². The van der Waals surface area contributed by atoms with Gasteiger partial charge in [0.05, 0.1) is 12.8 Å². The minimum Gasteiger partial charge on any atom is -0.464 e. The van der Waals surface area contributed by atoms with Crippen LogP contribution in [0, 0.1) is 5.82 Å². The zero-order valence-corrected chi connectivity index (χ0v) is 16.7. The van der Waals surface area contributed by atoms with Gasteiger partial charge in [0.25, 0.3) is 0 Å². The van der Waals surface area contributed by atoms with E-state index in [-0.39, 0.29) is 17.2 Å². The Kier molecular flexibility index (Phi) is 5.41. The Morgan fingerprint density at radius 3 is 2.68 bits per heavy atom. The van der Waals surface area contributed by atoms with Crippen LogP contribution < -0.4 is 5.32 Å². The number of carbonyl (C=O) groups is 1. The molecule has 1 atom stereocenters. The van der Waals surface area contributed by atoms with Crippen molar-refractivity contribution < 1.29 is 13.9 Å². The quantitative estimate of drug-likeness (QED) is 0.764. The molecule has 1 unspecified atom stereocenters. The number of halogens is 1. The number of esters is 1. The molecule has 28 heavy (non-hydrogen) atoms. The SMILES string of the molecule is COC(=O)C1=CSC(c2c(-c3ccc(F)cc3)n[nH]c2C2CCNCC2)N1C. The molecule has 2 aromatic rings. The van der Waals surface area contributed by atoms with Crippen LogP contribution >= 0.6 is 11.8 Å². The third-order valence-corrected chi connectivity index (χ3v) is 6.55. The highest BCUT2D eigenvalue weighted by Gasteiger charge is 2.36. The Morgan fingerprint density at radius 2 is 2.00 bits per heavy atom. The fourth-order valence-corrected chi connectivity index (χ4v) is 5.04. The lowest BCUT2D eigenvalue weighted by Crippen LogP contribution is -2.28. The zero-order valence-electron chi connectivity index (χ0n) is 15.9. The fourth-order valence-electron chi connectivity index (χ4n) is 3.85. The van der Waals surface area contributed by atoms with Gasteiger partial charge in [-0.1, -0.05) is 0 Å². The summed E-state index contributed by atoms with van der Waals surface area (Å²) < 4.78 is 18.3. The van der Waals surface area contributed by atoms with Crippen molar-refractivity contribution in [2.45, 2.75) is 24.1 Å². The monoisotopic (exact) mass is 402 g/mol. The first-order valence-corrected chi connectivity index (χ1v) is 10.3. The smallest absolute Gasteiger partial charge is 0.354 e. The summed E-state index contributed by atoms with van der Waals surface area (Å²) in [5.41, 5.74) is 4.34. The number of aromatic amines is 1. The number of ether oxygens (including phenoxy) is 1. The van der Waals surface area contributed by atoms with E-state index in [4.69, 9.17) is 4.74 Å². The van der Waals surface area contributed by atoms with Crippen LogP contribution in [0.2, 0.25) is 0 Å². The van der Waals surface area contributed by atoms with E-state index in [0.717, 1.165) is 48.4 Å². The van der Waals surface area contributed by atoms with Crippen LogP contribution in [0.5, 0.6) is 0 Å². The lowest BCUT2D eigenvalue weighted by Gasteiger charge is -2.28. The van der Waals surface area contributed by atoms with E-state index in [2.05, 4.69) is 15.5 Å². The molecule has 148 valence electrons. The largest absolute Gasteiger partial charge is 0.464 e. The molecule has 2 N–H and O–H groups in total. The van der Waals surface area contributed by atoms with Crippen molar-refractivity contribution in [3.05, 3.63) is 52.4 Å². The number of methoxy groups -OCH3 is 1. The molecule has 1 aromatic heterocycles. The molecule has 8 heteroatoms. The Bertz CT molecular complexity index is 890. The Balaban J connectivity index is 1.76. The van der Waals surface area contributed by atoms with Crippen molar-refractivity contribution in [1.29, 1.82) is 0 Å². The number of hydrogen-bond donors (Lipinski definition) is 2. The fraction of sp³-hybridized carbons (Fsp3) is 0.400. The third-order valence-electron chi connectivity index (χ3n) is 5.38. The number of aromatic nitrogens is 2. The number of thioether (sulfide) groups is 1. The molecule has 0 bridgehead atoms. The topological polar surface area (TPSA) is 70.2 Å². The molecule has 1 fully saturated rings. The van der Waals surface area contributed by atoms with Gasteiger partial charge in [0.15, 0.2) is 0 Å². The lowest BCUT2D eigenvalue weighted by molar-refractivity contribution is -0.137. The van der Waals surface area contributed by atoms with Gasteiger partial charge in [0, 0.05) is 35.2 Å². The number of nitrogens with one attached hydrogen (secondary N) is 2. The van der Waals surface area contributed by atoms with Gasteiger partial charge in [-0.2, -0.15) is 5.10 Å². The van der Waals surface area contributed by atoms with E-state index in [0.29, 0.717) is 11.6 Å². The molecule has 0 amide bonds. The molecule has 1 aromatic carbocycles. The lowest BCUT2D eigenvalue weighted by atomic mass is 9.90. The Hall–Kier alpha value is -2.32. The summed E-state index contributed by atoms with van der Waals surface area (Å²) in [5.74, 6) is -0.261. The maximum Gasteiger partial charge on any atom is 0.354 e. The minimum atomic E-state index is -0.354. The van der Waals surface area contributed by atoms with Crippen LogP contribution in [-0.4, -0.2) is 48.3 Å². The average Bonchev–Trinajstić information content (AvgIpc) is 3.32. The van der Waals surface area contributed by atoms with Crippen LogP contribution in [0.1, 0.15) is 35.4 Å². The molecule has 1 saturated heterocycles. The van der Waals surface area contributed by atoms with E-state index in [9.17, 15) is 9.18 Å². The van der Waals surface area contributed by atoms with E-state index >= 15 is 0 Å². The summed E-state index contributed by atoms with van der Waals surface area (Å²) in [6, 6.07) is 6.38. The Morgan fingerprint density at radius 1 is 1.29 bits per heavy atom. The van der Waals surface area contributed by atoms with Crippen LogP contribution in [-0.2, 0) is 9.53 Å². The molecular weight excluding hydrogens is 379 g/mol. The van der Waals surface area contributed by atoms with Gasteiger partial charge in [0.2, 0.25) is 0 Å². The second-order valence-electron chi connectivity index (χ2n) is 7.02. The summed E-state index contributed by atoms with van der Waals surface area (Å²) >= 11 is 1.56. The number of likely N-dealkylation sites (N-methyl/N-ethyl adjacent to an activating group) is 1.